The van der Waals surface area contributed by atoms with Gasteiger partial charge < -0.3 is 21.1 Å². The Morgan fingerprint density at radius 3 is 2.56 bits per heavy atom. The summed E-state index contributed by atoms with van der Waals surface area (Å²) in [5.41, 5.74) is 2.68. The maximum Gasteiger partial charge on any atom is 0.224 e. The molecule has 0 bridgehead atoms. The molecule has 7 heteroatoms. The monoisotopic (exact) mass is 341 g/mol. The van der Waals surface area contributed by atoms with Crippen molar-refractivity contribution in [2.24, 2.45) is 0 Å². The van der Waals surface area contributed by atoms with Gasteiger partial charge in [-0.05, 0) is 43.5 Å². The summed E-state index contributed by atoms with van der Waals surface area (Å²) in [7, 11) is 0. The number of amides is 1. The van der Waals surface area contributed by atoms with E-state index in [-0.39, 0.29) is 12.5 Å². The quantitative estimate of drug-likeness (QED) is 0.551. The molecule has 0 saturated heterocycles. The van der Waals surface area contributed by atoms with Crippen LogP contribution in [0.4, 0.5) is 23.1 Å². The molecule has 25 heavy (non-hydrogen) atoms. The molecule has 0 unspecified atom stereocenters. The number of nitrogens with one attached hydrogen (secondary N) is 3. The van der Waals surface area contributed by atoms with E-state index in [0.29, 0.717) is 24.8 Å². The van der Waals surface area contributed by atoms with Crippen LogP contribution in [0.5, 0.6) is 0 Å². The van der Waals surface area contributed by atoms with E-state index in [4.69, 9.17) is 5.11 Å². The molecule has 1 aromatic carbocycles. The second-order valence-corrected chi connectivity index (χ2v) is 6.16. The number of aliphatic hydroxyl groups excluding tert-OH is 1. The number of anilines is 4. The van der Waals surface area contributed by atoms with Gasteiger partial charge in [-0.3, -0.25) is 4.79 Å². The third-order valence-electron chi connectivity index (χ3n) is 3.84. The molecule has 0 spiro atoms. The molecule has 1 aliphatic carbocycles. The zero-order valence-corrected chi connectivity index (χ0v) is 14.2. The SMILES string of the molecule is CC(=O)Nc1ccc(Nc2cc(C3CC3)nc(NCCCO)n2)cc1. The molecule has 1 aromatic heterocycles. The molecule has 1 saturated carbocycles. The van der Waals surface area contributed by atoms with Gasteiger partial charge in [-0.15, -0.1) is 0 Å². The smallest absolute Gasteiger partial charge is 0.224 e. The fourth-order valence-corrected chi connectivity index (χ4v) is 2.46. The van der Waals surface area contributed by atoms with Crippen LogP contribution in [0.1, 0.15) is 37.8 Å². The van der Waals surface area contributed by atoms with Gasteiger partial charge in [0.2, 0.25) is 11.9 Å². The Bertz CT molecular complexity index is 729. The average Bonchev–Trinajstić information content (AvgIpc) is 3.41. The number of carbonyl (C=O) groups excluding carboxylic acids is 1. The molecule has 0 aliphatic heterocycles. The molecular weight excluding hydrogens is 318 g/mol. The minimum absolute atomic E-state index is 0.0934. The van der Waals surface area contributed by atoms with Crippen LogP contribution < -0.4 is 16.0 Å². The molecule has 4 N–H and O–H groups in total. The van der Waals surface area contributed by atoms with Gasteiger partial charge in [-0.25, -0.2) is 4.98 Å². The van der Waals surface area contributed by atoms with Gasteiger partial charge in [0.15, 0.2) is 0 Å². The number of aromatic nitrogens is 2. The molecule has 1 amide bonds. The Labute approximate surface area is 146 Å². The van der Waals surface area contributed by atoms with E-state index in [1.54, 1.807) is 0 Å². The van der Waals surface area contributed by atoms with Crippen LogP contribution in [0.3, 0.4) is 0 Å². The summed E-state index contributed by atoms with van der Waals surface area (Å²) < 4.78 is 0. The number of benzene rings is 1. The van der Waals surface area contributed by atoms with Crippen LogP contribution in [0.15, 0.2) is 30.3 Å². The van der Waals surface area contributed by atoms with Gasteiger partial charge in [0.1, 0.15) is 5.82 Å². The van der Waals surface area contributed by atoms with E-state index in [1.165, 1.54) is 6.92 Å². The van der Waals surface area contributed by atoms with Gasteiger partial charge in [-0.2, -0.15) is 4.98 Å². The average molecular weight is 341 g/mol. The predicted octanol–water partition coefficient (Wildman–Crippen LogP) is 2.85. The lowest BCUT2D eigenvalue weighted by molar-refractivity contribution is -0.114. The molecule has 2 aromatic rings. The van der Waals surface area contributed by atoms with Crippen molar-refractivity contribution >= 4 is 29.0 Å². The lowest BCUT2D eigenvalue weighted by Crippen LogP contribution is -2.09. The first kappa shape index (κ1) is 17.2. The summed E-state index contributed by atoms with van der Waals surface area (Å²) >= 11 is 0. The minimum atomic E-state index is -0.0934. The number of rotatable bonds is 8. The fraction of sp³-hybridized carbons (Fsp3) is 0.389. The topological polar surface area (TPSA) is 99.2 Å². The minimum Gasteiger partial charge on any atom is -0.396 e. The van der Waals surface area contributed by atoms with Crippen molar-refractivity contribution in [1.82, 2.24) is 9.97 Å². The second-order valence-electron chi connectivity index (χ2n) is 6.16. The first-order valence-electron chi connectivity index (χ1n) is 8.52. The van der Waals surface area contributed by atoms with Crippen LogP contribution in [-0.2, 0) is 4.79 Å². The largest absolute Gasteiger partial charge is 0.396 e. The van der Waals surface area contributed by atoms with E-state index >= 15 is 0 Å². The Morgan fingerprint density at radius 2 is 1.92 bits per heavy atom. The van der Waals surface area contributed by atoms with Crippen molar-refractivity contribution < 1.29 is 9.90 Å². The van der Waals surface area contributed by atoms with Crippen LogP contribution in [-0.4, -0.2) is 34.1 Å². The van der Waals surface area contributed by atoms with Crippen molar-refractivity contribution in [3.63, 3.8) is 0 Å². The highest BCUT2D eigenvalue weighted by Crippen LogP contribution is 2.40. The number of hydrogen-bond acceptors (Lipinski definition) is 6. The molecule has 132 valence electrons. The molecule has 3 rings (SSSR count). The van der Waals surface area contributed by atoms with E-state index in [9.17, 15) is 4.79 Å². The molecule has 0 radical (unpaired) electrons. The van der Waals surface area contributed by atoms with E-state index < -0.39 is 0 Å². The maximum atomic E-state index is 11.1. The summed E-state index contributed by atoms with van der Waals surface area (Å²) in [5.74, 6) is 1.74. The summed E-state index contributed by atoms with van der Waals surface area (Å²) in [5, 5.41) is 18.1. The zero-order chi connectivity index (χ0) is 17.6. The molecule has 1 heterocycles. The fourth-order valence-electron chi connectivity index (χ4n) is 2.46. The maximum absolute atomic E-state index is 11.1. The van der Waals surface area contributed by atoms with Gasteiger partial charge in [0, 0.05) is 43.4 Å². The Balaban J connectivity index is 1.72. The standard InChI is InChI=1S/C18H23N5O2/c1-12(25)20-14-5-7-15(8-6-14)21-17-11-16(13-3-4-13)22-18(23-17)19-9-2-10-24/h5-8,11,13,24H,2-4,9-10H2,1H3,(H,20,25)(H2,19,21,22,23). The lowest BCUT2D eigenvalue weighted by Gasteiger charge is -2.11. The zero-order valence-electron chi connectivity index (χ0n) is 14.2. The molecule has 1 fully saturated rings. The normalized spacial score (nSPS) is 13.4. The summed E-state index contributed by atoms with van der Waals surface area (Å²) in [6, 6.07) is 9.45. The molecule has 1 aliphatic rings. The number of aliphatic hydroxyl groups is 1. The highest BCUT2D eigenvalue weighted by molar-refractivity contribution is 5.88. The van der Waals surface area contributed by atoms with Gasteiger partial charge in [0.25, 0.3) is 0 Å². The van der Waals surface area contributed by atoms with Crippen molar-refractivity contribution in [2.75, 3.05) is 29.1 Å². The van der Waals surface area contributed by atoms with Crippen molar-refractivity contribution in [3.8, 4) is 0 Å². The van der Waals surface area contributed by atoms with Crippen molar-refractivity contribution in [2.45, 2.75) is 32.1 Å². The first-order valence-corrected chi connectivity index (χ1v) is 8.52. The summed E-state index contributed by atoms with van der Waals surface area (Å²) in [4.78, 5) is 20.1. The second kappa shape index (κ2) is 7.94. The lowest BCUT2D eigenvalue weighted by atomic mass is 10.2. The molecule has 7 nitrogen and oxygen atoms in total. The van der Waals surface area contributed by atoms with Gasteiger partial charge in [0.05, 0.1) is 5.69 Å². The number of carbonyl (C=O) groups is 1. The number of nitrogens with zero attached hydrogens (tertiary/aromatic N) is 2. The van der Waals surface area contributed by atoms with E-state index in [2.05, 4.69) is 25.9 Å². The number of hydrogen-bond donors (Lipinski definition) is 4. The third-order valence-corrected chi connectivity index (χ3v) is 3.84. The van der Waals surface area contributed by atoms with Gasteiger partial charge in [-0.1, -0.05) is 0 Å². The Hall–Kier alpha value is -2.67. The van der Waals surface area contributed by atoms with Gasteiger partial charge >= 0.3 is 0 Å². The Kier molecular flexibility index (Phi) is 5.45. The molecule has 0 atom stereocenters. The van der Waals surface area contributed by atoms with E-state index in [1.807, 2.05) is 30.3 Å². The summed E-state index contributed by atoms with van der Waals surface area (Å²) in [6.07, 6.45) is 2.99. The van der Waals surface area contributed by atoms with Crippen LogP contribution in [0, 0.1) is 0 Å². The molecular formula is C18H23N5O2. The Morgan fingerprint density at radius 1 is 1.20 bits per heavy atom. The van der Waals surface area contributed by atoms with Crippen LogP contribution in [0.25, 0.3) is 0 Å². The van der Waals surface area contributed by atoms with E-state index in [0.717, 1.165) is 35.7 Å². The first-order chi connectivity index (χ1) is 12.1. The third kappa shape index (κ3) is 5.15. The predicted molar refractivity (Wildman–Crippen MR) is 98.2 cm³/mol. The van der Waals surface area contributed by atoms with Crippen LogP contribution >= 0.6 is 0 Å². The van der Waals surface area contributed by atoms with Crippen molar-refractivity contribution in [1.29, 1.82) is 0 Å². The highest BCUT2D eigenvalue weighted by Gasteiger charge is 2.26. The highest BCUT2D eigenvalue weighted by atomic mass is 16.3. The summed E-state index contributed by atoms with van der Waals surface area (Å²) in [6.45, 7) is 2.26. The van der Waals surface area contributed by atoms with Crippen molar-refractivity contribution in [3.05, 3.63) is 36.0 Å². The van der Waals surface area contributed by atoms with Crippen LogP contribution in [0.2, 0.25) is 0 Å².